The minimum absolute atomic E-state index is 0.0399. The van der Waals surface area contributed by atoms with Crippen molar-refractivity contribution in [3.05, 3.63) is 29.3 Å². The minimum Gasteiger partial charge on any atom is -0.344 e. The zero-order chi connectivity index (χ0) is 17.6. The van der Waals surface area contributed by atoms with Gasteiger partial charge in [-0.15, -0.1) is 0 Å². The van der Waals surface area contributed by atoms with Crippen LogP contribution in [0.3, 0.4) is 0 Å². The third kappa shape index (κ3) is 6.82. The van der Waals surface area contributed by atoms with Gasteiger partial charge in [0.25, 0.3) is 0 Å². The summed E-state index contributed by atoms with van der Waals surface area (Å²) < 4.78 is 0. The van der Waals surface area contributed by atoms with Crippen LogP contribution in [0.2, 0.25) is 0 Å². The molecule has 5 nitrogen and oxygen atoms in total. The summed E-state index contributed by atoms with van der Waals surface area (Å²) >= 11 is 0. The van der Waals surface area contributed by atoms with E-state index in [-0.39, 0.29) is 6.04 Å². The molecule has 0 unspecified atom stereocenters. The molecule has 0 saturated carbocycles. The van der Waals surface area contributed by atoms with Crippen LogP contribution >= 0.6 is 0 Å². The van der Waals surface area contributed by atoms with Crippen LogP contribution in [0, 0.1) is 19.8 Å². The third-order valence-electron chi connectivity index (χ3n) is 3.52. The lowest BCUT2D eigenvalue weighted by Gasteiger charge is -2.23. The second kappa shape index (κ2) is 8.67. The number of hydrogen-bond acceptors (Lipinski definition) is 3. The lowest BCUT2D eigenvalue weighted by molar-refractivity contribution is -0.136. The van der Waals surface area contributed by atoms with Crippen molar-refractivity contribution >= 4 is 17.5 Å². The van der Waals surface area contributed by atoms with Gasteiger partial charge in [-0.3, -0.25) is 9.59 Å². The van der Waals surface area contributed by atoms with Crippen LogP contribution in [0.15, 0.2) is 18.2 Å². The van der Waals surface area contributed by atoms with Crippen molar-refractivity contribution in [2.24, 2.45) is 5.92 Å². The van der Waals surface area contributed by atoms with Gasteiger partial charge < -0.3 is 15.5 Å². The van der Waals surface area contributed by atoms with Crippen LogP contribution in [0.5, 0.6) is 0 Å². The van der Waals surface area contributed by atoms with Gasteiger partial charge in [-0.05, 0) is 57.5 Å². The number of benzene rings is 1. The summed E-state index contributed by atoms with van der Waals surface area (Å²) in [6.07, 6.45) is 0.834. The lowest BCUT2D eigenvalue weighted by Crippen LogP contribution is -2.46. The highest BCUT2D eigenvalue weighted by molar-refractivity contribution is 6.39. The Morgan fingerprint density at radius 3 is 2.35 bits per heavy atom. The molecule has 0 spiro atoms. The number of nitrogens with one attached hydrogen (secondary N) is 2. The Labute approximate surface area is 139 Å². The van der Waals surface area contributed by atoms with E-state index in [1.807, 2.05) is 51.0 Å². The highest BCUT2D eigenvalue weighted by Gasteiger charge is 2.20. The van der Waals surface area contributed by atoms with E-state index < -0.39 is 11.8 Å². The van der Waals surface area contributed by atoms with Crippen LogP contribution in [-0.4, -0.2) is 43.4 Å². The van der Waals surface area contributed by atoms with Crippen LogP contribution in [-0.2, 0) is 9.59 Å². The fourth-order valence-electron chi connectivity index (χ4n) is 2.49. The number of carbonyl (C=O) groups excluding carboxylic acids is 2. The Kier molecular flexibility index (Phi) is 7.23. The number of nitrogens with zero attached hydrogens (tertiary/aromatic N) is 1. The minimum atomic E-state index is -0.619. The van der Waals surface area contributed by atoms with E-state index in [4.69, 9.17) is 0 Å². The van der Waals surface area contributed by atoms with E-state index in [0.717, 1.165) is 17.5 Å². The summed E-state index contributed by atoms with van der Waals surface area (Å²) in [5, 5.41) is 5.54. The van der Waals surface area contributed by atoms with Gasteiger partial charge in [0.05, 0.1) is 0 Å². The Balaban J connectivity index is 2.70. The molecule has 1 rings (SSSR count). The quantitative estimate of drug-likeness (QED) is 0.791. The smallest absolute Gasteiger partial charge is 0.313 e. The van der Waals surface area contributed by atoms with Crippen molar-refractivity contribution in [3.8, 4) is 0 Å². The molecule has 0 saturated heterocycles. The number of aryl methyl sites for hydroxylation is 2. The molecule has 1 atom stereocenters. The van der Waals surface area contributed by atoms with Crippen LogP contribution in [0.4, 0.5) is 5.69 Å². The van der Waals surface area contributed by atoms with E-state index >= 15 is 0 Å². The number of hydrogen-bond donors (Lipinski definition) is 2. The molecule has 5 heteroatoms. The van der Waals surface area contributed by atoms with Crippen molar-refractivity contribution in [1.82, 2.24) is 10.2 Å². The maximum absolute atomic E-state index is 12.2. The molecular weight excluding hydrogens is 290 g/mol. The molecule has 0 aromatic heterocycles. The summed E-state index contributed by atoms with van der Waals surface area (Å²) in [5.74, 6) is -0.757. The van der Waals surface area contributed by atoms with Gasteiger partial charge in [0, 0.05) is 18.3 Å². The first-order valence-corrected chi connectivity index (χ1v) is 8.03. The lowest BCUT2D eigenvalue weighted by atomic mass is 10.0. The highest BCUT2D eigenvalue weighted by Crippen LogP contribution is 2.16. The molecule has 0 aliphatic rings. The fourth-order valence-corrected chi connectivity index (χ4v) is 2.49. The van der Waals surface area contributed by atoms with Crippen molar-refractivity contribution in [3.63, 3.8) is 0 Å². The molecule has 0 aliphatic heterocycles. The molecule has 23 heavy (non-hydrogen) atoms. The monoisotopic (exact) mass is 319 g/mol. The Morgan fingerprint density at radius 1 is 1.13 bits per heavy atom. The number of amides is 2. The van der Waals surface area contributed by atoms with E-state index in [1.54, 1.807) is 0 Å². The van der Waals surface area contributed by atoms with Crippen LogP contribution in [0.25, 0.3) is 0 Å². The third-order valence-corrected chi connectivity index (χ3v) is 3.52. The summed E-state index contributed by atoms with van der Waals surface area (Å²) in [6.45, 7) is 8.77. The number of anilines is 1. The molecule has 0 aliphatic carbocycles. The van der Waals surface area contributed by atoms with Gasteiger partial charge in [0.2, 0.25) is 0 Å². The Hall–Kier alpha value is -1.88. The molecule has 2 N–H and O–H groups in total. The highest BCUT2D eigenvalue weighted by atomic mass is 16.2. The van der Waals surface area contributed by atoms with Crippen molar-refractivity contribution in [1.29, 1.82) is 0 Å². The van der Waals surface area contributed by atoms with Gasteiger partial charge in [0.15, 0.2) is 0 Å². The Bertz CT molecular complexity index is 543. The molecule has 0 fully saturated rings. The molecule has 1 aromatic rings. The normalized spacial score (nSPS) is 12.3. The summed E-state index contributed by atoms with van der Waals surface area (Å²) in [5.41, 5.74) is 2.65. The van der Waals surface area contributed by atoms with Gasteiger partial charge in [0.1, 0.15) is 0 Å². The first-order valence-electron chi connectivity index (χ1n) is 8.03. The molecule has 0 heterocycles. The second-order valence-electron chi connectivity index (χ2n) is 6.83. The van der Waals surface area contributed by atoms with Crippen molar-refractivity contribution in [2.75, 3.05) is 26.0 Å². The summed E-state index contributed by atoms with van der Waals surface area (Å²) in [4.78, 5) is 26.3. The molecular formula is C18H29N3O2. The SMILES string of the molecule is Cc1ccc(C)c(NC(=O)C(=O)N[C@@H](CC(C)C)CN(C)C)c1. The predicted molar refractivity (Wildman–Crippen MR) is 94.5 cm³/mol. The summed E-state index contributed by atoms with van der Waals surface area (Å²) in [6, 6.07) is 5.73. The van der Waals surface area contributed by atoms with Gasteiger partial charge in [-0.2, -0.15) is 0 Å². The van der Waals surface area contributed by atoms with Crippen molar-refractivity contribution < 1.29 is 9.59 Å². The van der Waals surface area contributed by atoms with Crippen molar-refractivity contribution in [2.45, 2.75) is 40.2 Å². The zero-order valence-corrected chi connectivity index (χ0v) is 15.1. The largest absolute Gasteiger partial charge is 0.344 e. The predicted octanol–water partition coefficient (Wildman–Crippen LogP) is 2.33. The molecule has 0 bridgehead atoms. The van der Waals surface area contributed by atoms with Crippen LogP contribution in [0.1, 0.15) is 31.4 Å². The molecule has 0 radical (unpaired) electrons. The standard InChI is InChI=1S/C18H29N3O2/c1-12(2)9-15(11-21(5)6)19-17(22)18(23)20-16-10-13(3)7-8-14(16)4/h7-8,10,12,15H,9,11H2,1-6H3,(H,19,22)(H,20,23)/t15-/m0/s1. The van der Waals surface area contributed by atoms with E-state index in [1.165, 1.54) is 0 Å². The van der Waals surface area contributed by atoms with Gasteiger partial charge in [-0.25, -0.2) is 0 Å². The summed E-state index contributed by atoms with van der Waals surface area (Å²) in [7, 11) is 3.91. The number of likely N-dealkylation sites (N-methyl/N-ethyl adjacent to an activating group) is 1. The first-order chi connectivity index (χ1) is 10.7. The van der Waals surface area contributed by atoms with E-state index in [2.05, 4.69) is 24.5 Å². The first kappa shape index (κ1) is 19.2. The van der Waals surface area contributed by atoms with Gasteiger partial charge >= 0.3 is 11.8 Å². The molecule has 128 valence electrons. The number of carbonyl (C=O) groups is 2. The molecule has 2 amide bonds. The fraction of sp³-hybridized carbons (Fsp3) is 0.556. The van der Waals surface area contributed by atoms with Crippen LogP contribution < -0.4 is 10.6 Å². The average Bonchev–Trinajstić information content (AvgIpc) is 2.41. The zero-order valence-electron chi connectivity index (χ0n) is 15.1. The van der Waals surface area contributed by atoms with Gasteiger partial charge in [-0.1, -0.05) is 26.0 Å². The Morgan fingerprint density at radius 2 is 1.78 bits per heavy atom. The maximum atomic E-state index is 12.2. The maximum Gasteiger partial charge on any atom is 0.313 e. The topological polar surface area (TPSA) is 61.4 Å². The number of rotatable bonds is 6. The molecule has 1 aromatic carbocycles. The average molecular weight is 319 g/mol. The van der Waals surface area contributed by atoms with E-state index in [9.17, 15) is 9.59 Å². The van der Waals surface area contributed by atoms with E-state index in [0.29, 0.717) is 18.2 Å². The second-order valence-corrected chi connectivity index (χ2v) is 6.83.